The Labute approximate surface area is 174 Å². The highest BCUT2D eigenvalue weighted by molar-refractivity contribution is 6.30. The van der Waals surface area contributed by atoms with Crippen LogP contribution >= 0.6 is 23.2 Å². The smallest absolute Gasteiger partial charge is 0.279 e. The predicted molar refractivity (Wildman–Crippen MR) is 114 cm³/mol. The molecule has 3 N–H and O–H groups in total. The summed E-state index contributed by atoms with van der Waals surface area (Å²) in [4.78, 5) is 13.1. The Kier molecular flexibility index (Phi) is 5.94. The lowest BCUT2D eigenvalue weighted by Crippen LogP contribution is -2.47. The monoisotopic (exact) mass is 414 g/mol. The number of anilines is 1. The van der Waals surface area contributed by atoms with Gasteiger partial charge >= 0.3 is 0 Å². The van der Waals surface area contributed by atoms with Crippen LogP contribution in [0.5, 0.6) is 0 Å². The van der Waals surface area contributed by atoms with Crippen LogP contribution in [0.2, 0.25) is 10.0 Å². The fraction of sp³-hybridized carbons (Fsp3) is 0.136. The number of hydrazine groups is 1. The van der Waals surface area contributed by atoms with E-state index in [1.807, 2.05) is 32.0 Å². The minimum Gasteiger partial charge on any atom is -0.372 e. The van der Waals surface area contributed by atoms with Crippen LogP contribution in [0.3, 0.4) is 0 Å². The molecule has 3 aromatic rings. The van der Waals surface area contributed by atoms with Crippen LogP contribution in [-0.2, 0) is 10.4 Å². The summed E-state index contributed by atoms with van der Waals surface area (Å²) in [5.41, 5.74) is 7.20. The van der Waals surface area contributed by atoms with Gasteiger partial charge in [-0.2, -0.15) is 0 Å². The van der Waals surface area contributed by atoms with Crippen LogP contribution in [-0.4, -0.2) is 11.0 Å². The molecule has 0 heterocycles. The molecule has 0 aliphatic rings. The van der Waals surface area contributed by atoms with E-state index in [0.29, 0.717) is 21.2 Å². The van der Waals surface area contributed by atoms with E-state index in [1.54, 1.807) is 48.5 Å². The first-order chi connectivity index (χ1) is 13.3. The van der Waals surface area contributed by atoms with Gasteiger partial charge in [-0.1, -0.05) is 65.2 Å². The zero-order chi connectivity index (χ0) is 20.3. The number of aliphatic hydroxyl groups is 1. The summed E-state index contributed by atoms with van der Waals surface area (Å²) in [7, 11) is 0. The summed E-state index contributed by atoms with van der Waals surface area (Å²) in [6.45, 7) is 3.93. The molecule has 0 aliphatic carbocycles. The summed E-state index contributed by atoms with van der Waals surface area (Å²) < 4.78 is 0. The molecule has 28 heavy (non-hydrogen) atoms. The van der Waals surface area contributed by atoms with Gasteiger partial charge in [-0.3, -0.25) is 15.6 Å². The van der Waals surface area contributed by atoms with Gasteiger partial charge in [0.25, 0.3) is 5.91 Å². The van der Waals surface area contributed by atoms with Gasteiger partial charge in [0, 0.05) is 10.0 Å². The average Bonchev–Trinajstić information content (AvgIpc) is 2.67. The summed E-state index contributed by atoms with van der Waals surface area (Å²) in [5.74, 6) is -0.628. The van der Waals surface area contributed by atoms with E-state index >= 15 is 0 Å². The van der Waals surface area contributed by atoms with Gasteiger partial charge in [0.1, 0.15) is 0 Å². The van der Waals surface area contributed by atoms with Crippen molar-refractivity contribution in [2.75, 3.05) is 5.43 Å². The van der Waals surface area contributed by atoms with Gasteiger partial charge in [0.2, 0.25) is 0 Å². The van der Waals surface area contributed by atoms with Gasteiger partial charge in [-0.25, -0.2) is 0 Å². The molecule has 0 saturated carbocycles. The lowest BCUT2D eigenvalue weighted by atomic mass is 9.85. The predicted octanol–water partition coefficient (Wildman–Crippen LogP) is 4.99. The van der Waals surface area contributed by atoms with E-state index in [-0.39, 0.29) is 0 Å². The van der Waals surface area contributed by atoms with Crippen molar-refractivity contribution in [3.63, 3.8) is 0 Å². The second-order valence-corrected chi connectivity index (χ2v) is 7.49. The van der Waals surface area contributed by atoms with Crippen LogP contribution in [0.4, 0.5) is 5.69 Å². The van der Waals surface area contributed by atoms with E-state index < -0.39 is 11.5 Å². The highest BCUT2D eigenvalue weighted by atomic mass is 35.5. The SMILES string of the molecule is Cc1ccc(NNC(=O)C(O)(c2ccc(Cl)cc2)c2ccc(Cl)cc2)c(C)c1. The van der Waals surface area contributed by atoms with Gasteiger partial charge in [-0.05, 0) is 60.9 Å². The minimum absolute atomic E-state index is 0.388. The first-order valence-corrected chi connectivity index (χ1v) is 9.44. The van der Waals surface area contributed by atoms with Gasteiger partial charge in [0.15, 0.2) is 5.60 Å². The lowest BCUT2D eigenvalue weighted by molar-refractivity contribution is -0.136. The molecule has 144 valence electrons. The number of carbonyl (C=O) groups is 1. The first-order valence-electron chi connectivity index (χ1n) is 8.69. The molecule has 0 spiro atoms. The largest absolute Gasteiger partial charge is 0.372 e. The van der Waals surface area contributed by atoms with Crippen LogP contribution in [0.15, 0.2) is 66.7 Å². The molecule has 1 amide bonds. The summed E-state index contributed by atoms with van der Waals surface area (Å²) in [6, 6.07) is 18.8. The van der Waals surface area contributed by atoms with Crippen molar-refractivity contribution >= 4 is 34.8 Å². The quantitative estimate of drug-likeness (QED) is 0.515. The van der Waals surface area contributed by atoms with E-state index in [0.717, 1.165) is 16.8 Å². The van der Waals surface area contributed by atoms with Crippen LogP contribution in [0.1, 0.15) is 22.3 Å². The van der Waals surface area contributed by atoms with Gasteiger partial charge in [0.05, 0.1) is 5.69 Å². The Morgan fingerprint density at radius 3 is 1.82 bits per heavy atom. The van der Waals surface area contributed by atoms with Gasteiger partial charge in [-0.15, -0.1) is 0 Å². The van der Waals surface area contributed by atoms with Crippen LogP contribution < -0.4 is 10.9 Å². The number of hydrogen-bond acceptors (Lipinski definition) is 3. The number of nitrogens with one attached hydrogen (secondary N) is 2. The normalized spacial score (nSPS) is 11.2. The number of hydrogen-bond donors (Lipinski definition) is 3. The number of aryl methyl sites for hydroxylation is 2. The highest BCUT2D eigenvalue weighted by Crippen LogP contribution is 2.32. The number of amides is 1. The Hall–Kier alpha value is -2.53. The summed E-state index contributed by atoms with van der Waals surface area (Å²) in [5, 5.41) is 12.5. The molecule has 0 fully saturated rings. The third-order valence-electron chi connectivity index (χ3n) is 4.55. The Balaban J connectivity index is 1.94. The van der Waals surface area contributed by atoms with E-state index in [2.05, 4.69) is 10.9 Å². The van der Waals surface area contributed by atoms with Crippen molar-refractivity contribution in [2.24, 2.45) is 0 Å². The Bertz CT molecular complexity index is 941. The third-order valence-corrected chi connectivity index (χ3v) is 5.05. The number of halogens is 2. The third kappa shape index (κ3) is 4.14. The van der Waals surface area contributed by atoms with Crippen LogP contribution in [0.25, 0.3) is 0 Å². The zero-order valence-electron chi connectivity index (χ0n) is 15.5. The van der Waals surface area contributed by atoms with Crippen LogP contribution in [0, 0.1) is 13.8 Å². The van der Waals surface area contributed by atoms with Crippen molar-refractivity contribution in [1.82, 2.24) is 5.43 Å². The van der Waals surface area contributed by atoms with Crippen molar-refractivity contribution in [1.29, 1.82) is 0 Å². The number of benzene rings is 3. The van der Waals surface area contributed by atoms with E-state index in [1.165, 1.54) is 0 Å². The molecular formula is C22H20Cl2N2O2. The highest BCUT2D eigenvalue weighted by Gasteiger charge is 2.40. The minimum atomic E-state index is -1.93. The molecule has 0 unspecified atom stereocenters. The fourth-order valence-electron chi connectivity index (χ4n) is 2.98. The van der Waals surface area contributed by atoms with Crippen molar-refractivity contribution in [2.45, 2.75) is 19.4 Å². The Morgan fingerprint density at radius 1 is 0.857 bits per heavy atom. The molecule has 3 rings (SSSR count). The molecule has 3 aromatic carbocycles. The summed E-state index contributed by atoms with van der Waals surface area (Å²) in [6.07, 6.45) is 0. The van der Waals surface area contributed by atoms with E-state index in [4.69, 9.17) is 23.2 Å². The average molecular weight is 415 g/mol. The zero-order valence-corrected chi connectivity index (χ0v) is 17.0. The molecule has 0 radical (unpaired) electrons. The molecule has 0 aromatic heterocycles. The maximum atomic E-state index is 13.1. The molecular weight excluding hydrogens is 395 g/mol. The molecule has 0 bridgehead atoms. The van der Waals surface area contributed by atoms with Crippen molar-refractivity contribution < 1.29 is 9.90 Å². The maximum Gasteiger partial charge on any atom is 0.279 e. The number of carbonyl (C=O) groups excluding carboxylic acids is 1. The fourth-order valence-corrected chi connectivity index (χ4v) is 3.23. The molecule has 4 nitrogen and oxygen atoms in total. The molecule has 0 atom stereocenters. The van der Waals surface area contributed by atoms with Crippen molar-refractivity contribution in [3.8, 4) is 0 Å². The molecule has 0 aliphatic heterocycles. The second-order valence-electron chi connectivity index (χ2n) is 6.62. The Morgan fingerprint density at radius 2 is 1.36 bits per heavy atom. The van der Waals surface area contributed by atoms with E-state index in [9.17, 15) is 9.90 Å². The standard InChI is InChI=1S/C22H20Cl2N2O2/c1-14-3-12-20(15(2)13-14)25-26-21(27)22(28,16-4-8-18(23)9-5-16)17-6-10-19(24)11-7-17/h3-13,25,28H,1-2H3,(H,26,27). The molecule has 6 heteroatoms. The topological polar surface area (TPSA) is 61.4 Å². The molecule has 0 saturated heterocycles. The maximum absolute atomic E-state index is 13.1. The lowest BCUT2D eigenvalue weighted by Gasteiger charge is -2.28. The second kappa shape index (κ2) is 8.23. The van der Waals surface area contributed by atoms with Gasteiger partial charge < -0.3 is 5.11 Å². The first kappa shape index (κ1) is 20.2. The summed E-state index contributed by atoms with van der Waals surface area (Å²) >= 11 is 11.9. The van der Waals surface area contributed by atoms with Crippen molar-refractivity contribution in [3.05, 3.63) is 99.0 Å². The number of rotatable bonds is 5.